The molecule has 0 aromatic carbocycles. The molecule has 1 amide bonds. The molecule has 6 nitrogen and oxygen atoms in total. The number of carbonyl (C=O) groups is 2. The zero-order valence-electron chi connectivity index (χ0n) is 10.8. The van der Waals surface area contributed by atoms with Crippen molar-refractivity contribution in [2.45, 2.75) is 51.4 Å². The quantitative estimate of drug-likeness (QED) is 0.678. The van der Waals surface area contributed by atoms with Crippen molar-refractivity contribution in [3.05, 3.63) is 0 Å². The highest BCUT2D eigenvalue weighted by Gasteiger charge is 2.33. The van der Waals surface area contributed by atoms with Crippen molar-refractivity contribution in [1.82, 2.24) is 5.32 Å². The number of rotatable bonds is 5. The number of esters is 1. The van der Waals surface area contributed by atoms with Crippen molar-refractivity contribution in [1.29, 1.82) is 0 Å². The minimum absolute atomic E-state index is 0.0411. The number of ether oxygens (including phenoxy) is 2. The average molecular weight is 259 g/mol. The summed E-state index contributed by atoms with van der Waals surface area (Å²) in [6.45, 7) is 3.16. The fourth-order valence-electron chi connectivity index (χ4n) is 2.07. The Balaban J connectivity index is 2.54. The van der Waals surface area contributed by atoms with Crippen LogP contribution >= 0.6 is 0 Å². The van der Waals surface area contributed by atoms with E-state index >= 15 is 0 Å². The molecular formula is C12H21NO5. The van der Waals surface area contributed by atoms with Crippen LogP contribution in [0.15, 0.2) is 0 Å². The predicted octanol–water partition coefficient (Wildman–Crippen LogP) is -0.0158. The summed E-state index contributed by atoms with van der Waals surface area (Å²) in [5.41, 5.74) is 0. The molecule has 0 saturated carbocycles. The van der Waals surface area contributed by atoms with Crippen LogP contribution in [0.5, 0.6) is 0 Å². The second kappa shape index (κ2) is 7.33. The molecule has 3 atom stereocenters. The molecule has 104 valence electrons. The number of carbonyl (C=O) groups excluding carboxylic acids is 2. The lowest BCUT2D eigenvalue weighted by atomic mass is 9.99. The maximum Gasteiger partial charge on any atom is 0.302 e. The first-order chi connectivity index (χ1) is 8.52. The Labute approximate surface area is 107 Å². The lowest BCUT2D eigenvalue weighted by Crippen LogP contribution is -2.47. The molecule has 0 spiro atoms. The Kier molecular flexibility index (Phi) is 6.07. The van der Waals surface area contributed by atoms with Gasteiger partial charge in [0.2, 0.25) is 5.91 Å². The monoisotopic (exact) mass is 259 g/mol. The van der Waals surface area contributed by atoms with E-state index in [1.54, 1.807) is 0 Å². The predicted molar refractivity (Wildman–Crippen MR) is 63.8 cm³/mol. The molecule has 1 aliphatic heterocycles. The topological polar surface area (TPSA) is 84.9 Å². The van der Waals surface area contributed by atoms with E-state index in [2.05, 4.69) is 5.32 Å². The molecule has 1 heterocycles. The Morgan fingerprint density at radius 3 is 2.67 bits per heavy atom. The van der Waals surface area contributed by atoms with Crippen LogP contribution in [-0.4, -0.2) is 48.4 Å². The van der Waals surface area contributed by atoms with E-state index in [1.165, 1.54) is 13.8 Å². The van der Waals surface area contributed by atoms with Gasteiger partial charge in [-0.3, -0.25) is 9.59 Å². The van der Waals surface area contributed by atoms with Gasteiger partial charge in [0.25, 0.3) is 0 Å². The lowest BCUT2D eigenvalue weighted by molar-refractivity contribution is -0.170. The Morgan fingerprint density at radius 2 is 2.11 bits per heavy atom. The second-order valence-electron chi connectivity index (χ2n) is 4.47. The van der Waals surface area contributed by atoms with Crippen LogP contribution in [0.1, 0.15) is 33.1 Å². The van der Waals surface area contributed by atoms with Crippen LogP contribution in [0.2, 0.25) is 0 Å². The van der Waals surface area contributed by atoms with Crippen molar-refractivity contribution in [2.75, 3.05) is 13.2 Å². The van der Waals surface area contributed by atoms with Crippen molar-refractivity contribution in [3.8, 4) is 0 Å². The first kappa shape index (κ1) is 14.9. The molecule has 0 aromatic rings. The second-order valence-corrected chi connectivity index (χ2v) is 4.47. The van der Waals surface area contributed by atoms with Gasteiger partial charge in [-0.05, 0) is 19.3 Å². The van der Waals surface area contributed by atoms with Gasteiger partial charge in [-0.2, -0.15) is 0 Å². The van der Waals surface area contributed by atoms with Crippen LogP contribution in [0.25, 0.3) is 0 Å². The third-order valence-corrected chi connectivity index (χ3v) is 2.88. The number of hydrogen-bond donors (Lipinski definition) is 2. The zero-order valence-corrected chi connectivity index (χ0v) is 10.8. The average Bonchev–Trinajstić information content (AvgIpc) is 2.28. The molecule has 0 unspecified atom stereocenters. The fourth-order valence-corrected chi connectivity index (χ4v) is 2.07. The summed E-state index contributed by atoms with van der Waals surface area (Å²) in [7, 11) is 0. The van der Waals surface area contributed by atoms with Crippen LogP contribution in [0.4, 0.5) is 0 Å². The van der Waals surface area contributed by atoms with E-state index in [0.29, 0.717) is 19.4 Å². The molecule has 6 heteroatoms. The van der Waals surface area contributed by atoms with E-state index in [9.17, 15) is 9.59 Å². The molecule has 1 saturated heterocycles. The minimum Gasteiger partial charge on any atom is -0.460 e. The smallest absolute Gasteiger partial charge is 0.302 e. The highest BCUT2D eigenvalue weighted by molar-refractivity contribution is 5.72. The molecule has 0 bridgehead atoms. The highest BCUT2D eigenvalue weighted by atomic mass is 16.6. The molecule has 1 aliphatic rings. The molecule has 1 rings (SSSR count). The van der Waals surface area contributed by atoms with Gasteiger partial charge in [0.1, 0.15) is 12.2 Å². The number of amides is 1. The van der Waals surface area contributed by atoms with Crippen LogP contribution in [0.3, 0.4) is 0 Å². The van der Waals surface area contributed by atoms with Gasteiger partial charge >= 0.3 is 5.97 Å². The van der Waals surface area contributed by atoms with Gasteiger partial charge < -0.3 is 19.9 Å². The summed E-state index contributed by atoms with van der Waals surface area (Å²) in [5.74, 6) is -0.499. The fraction of sp³-hybridized carbons (Fsp3) is 0.833. The summed E-state index contributed by atoms with van der Waals surface area (Å²) in [6.07, 6.45) is 1.28. The molecule has 2 N–H and O–H groups in total. The van der Waals surface area contributed by atoms with Crippen molar-refractivity contribution >= 4 is 11.9 Å². The van der Waals surface area contributed by atoms with E-state index in [1.807, 2.05) is 0 Å². The van der Waals surface area contributed by atoms with Gasteiger partial charge in [0, 0.05) is 27.0 Å². The highest BCUT2D eigenvalue weighted by Crippen LogP contribution is 2.23. The number of hydrogen-bond acceptors (Lipinski definition) is 5. The molecular weight excluding hydrogens is 238 g/mol. The summed E-state index contributed by atoms with van der Waals surface area (Å²) < 4.78 is 10.9. The third-order valence-electron chi connectivity index (χ3n) is 2.88. The molecule has 0 radical (unpaired) electrons. The van der Waals surface area contributed by atoms with Crippen molar-refractivity contribution in [2.24, 2.45) is 0 Å². The zero-order chi connectivity index (χ0) is 13.5. The van der Waals surface area contributed by atoms with Gasteiger partial charge in [0.05, 0.1) is 6.10 Å². The first-order valence-corrected chi connectivity index (χ1v) is 6.21. The van der Waals surface area contributed by atoms with Crippen molar-refractivity contribution < 1.29 is 24.2 Å². The molecule has 1 fully saturated rings. The molecule has 18 heavy (non-hydrogen) atoms. The Bertz CT molecular complexity index is 294. The minimum atomic E-state index is -0.350. The van der Waals surface area contributed by atoms with Crippen LogP contribution in [0, 0.1) is 0 Å². The summed E-state index contributed by atoms with van der Waals surface area (Å²) >= 11 is 0. The van der Waals surface area contributed by atoms with E-state index in [4.69, 9.17) is 14.6 Å². The van der Waals surface area contributed by atoms with Gasteiger partial charge in [-0.15, -0.1) is 0 Å². The molecule has 0 aromatic heterocycles. The largest absolute Gasteiger partial charge is 0.460 e. The van der Waals surface area contributed by atoms with E-state index < -0.39 is 0 Å². The standard InChI is InChI=1S/C12H21NO5/c1-8(15)13-7-12-11(17-9(2)16)4-3-10(18-12)5-6-14/h10-12,14H,3-7H2,1-2H3,(H,13,15)/t10-,11-,12+/m0/s1. The SMILES string of the molecule is CC(=O)NC[C@H]1O[C@H](CCO)CC[C@@H]1OC(C)=O. The first-order valence-electron chi connectivity index (χ1n) is 6.21. The lowest BCUT2D eigenvalue weighted by Gasteiger charge is -2.35. The van der Waals surface area contributed by atoms with Gasteiger partial charge in [-0.25, -0.2) is 0 Å². The summed E-state index contributed by atoms with van der Waals surface area (Å²) in [6, 6.07) is 0. The third kappa shape index (κ3) is 5.01. The molecule has 0 aliphatic carbocycles. The normalized spacial score (nSPS) is 27.6. The van der Waals surface area contributed by atoms with E-state index in [0.717, 1.165) is 6.42 Å². The Hall–Kier alpha value is -1.14. The number of aliphatic hydroxyl groups excluding tert-OH is 1. The van der Waals surface area contributed by atoms with Gasteiger partial charge in [0.15, 0.2) is 0 Å². The van der Waals surface area contributed by atoms with Crippen LogP contribution in [-0.2, 0) is 19.1 Å². The Morgan fingerprint density at radius 1 is 1.39 bits per heavy atom. The maximum atomic E-state index is 11.0. The van der Waals surface area contributed by atoms with E-state index in [-0.39, 0.29) is 36.8 Å². The van der Waals surface area contributed by atoms with Crippen molar-refractivity contribution in [3.63, 3.8) is 0 Å². The number of aliphatic hydroxyl groups is 1. The number of nitrogens with one attached hydrogen (secondary N) is 1. The summed E-state index contributed by atoms with van der Waals surface area (Å²) in [4.78, 5) is 21.9. The van der Waals surface area contributed by atoms with Crippen LogP contribution < -0.4 is 5.32 Å². The summed E-state index contributed by atoms with van der Waals surface area (Å²) in [5, 5.41) is 11.6. The maximum absolute atomic E-state index is 11.0. The van der Waals surface area contributed by atoms with Gasteiger partial charge in [-0.1, -0.05) is 0 Å².